The monoisotopic (exact) mass is 753 g/mol. The fraction of sp³-hybridized carbons (Fsp3) is 0.814. The Labute approximate surface area is 321 Å². The Balaban J connectivity index is 2.39. The Morgan fingerprint density at radius 1 is 0.585 bits per heavy atom. The Kier molecular flexibility index (Phi) is 31.8. The SMILES string of the molecule is CCCCCC=CCC=CCCCCCCCC(=O)OCC(COC1OC(CO)C(O)C(O)C1O)OC(=O)CCC=CCCCCCCCCCCC. The number of allylic oxidation sites excluding steroid dienone is 6. The van der Waals surface area contributed by atoms with Crippen molar-refractivity contribution in [2.45, 2.75) is 205 Å². The second-order valence-corrected chi connectivity index (χ2v) is 14.4. The van der Waals surface area contributed by atoms with E-state index >= 15 is 0 Å². The molecule has 10 nitrogen and oxygen atoms in total. The van der Waals surface area contributed by atoms with Crippen LogP contribution < -0.4 is 0 Å². The van der Waals surface area contributed by atoms with E-state index in [9.17, 15) is 30.0 Å². The maximum Gasteiger partial charge on any atom is 0.306 e. The Morgan fingerprint density at radius 3 is 1.70 bits per heavy atom. The zero-order valence-corrected chi connectivity index (χ0v) is 33.3. The summed E-state index contributed by atoms with van der Waals surface area (Å²) in [6.07, 6.45) is 30.2. The normalized spacial score (nSPS) is 21.2. The lowest BCUT2D eigenvalue weighted by Gasteiger charge is -2.39. The van der Waals surface area contributed by atoms with E-state index in [1.165, 1.54) is 77.0 Å². The van der Waals surface area contributed by atoms with Crippen molar-refractivity contribution in [3.05, 3.63) is 36.5 Å². The first-order valence-electron chi connectivity index (χ1n) is 21.1. The lowest BCUT2D eigenvalue weighted by atomic mass is 9.99. The highest BCUT2D eigenvalue weighted by Crippen LogP contribution is 2.22. The minimum atomic E-state index is -1.60. The standard InChI is InChI=1S/C43H76O10/c1-3-5-7-9-11-13-15-17-18-20-21-23-25-27-29-31-38(45)50-34-36(35-51-43-42(49)41(48)40(47)37(33-44)53-43)52-39(46)32-30-28-26-24-22-19-16-14-12-10-8-6-4-2/h11,13,17-18,26,28,36-37,40-44,47-49H,3-10,12,14-16,19-25,27,29-35H2,1-2H3. The number of hydrogen-bond acceptors (Lipinski definition) is 10. The molecule has 308 valence electrons. The molecule has 0 aromatic heterocycles. The van der Waals surface area contributed by atoms with Crippen LogP contribution >= 0.6 is 0 Å². The number of esters is 2. The number of unbranched alkanes of at least 4 members (excludes halogenated alkanes) is 17. The van der Waals surface area contributed by atoms with Crippen molar-refractivity contribution in [2.75, 3.05) is 19.8 Å². The molecule has 1 saturated heterocycles. The highest BCUT2D eigenvalue weighted by molar-refractivity contribution is 5.70. The minimum absolute atomic E-state index is 0.144. The van der Waals surface area contributed by atoms with Gasteiger partial charge in [0.1, 0.15) is 31.0 Å². The predicted octanol–water partition coefficient (Wildman–Crippen LogP) is 8.33. The largest absolute Gasteiger partial charge is 0.462 e. The molecule has 0 radical (unpaired) electrons. The molecule has 0 amide bonds. The summed E-state index contributed by atoms with van der Waals surface area (Å²) in [6.45, 7) is 3.33. The quantitative estimate of drug-likeness (QED) is 0.0287. The van der Waals surface area contributed by atoms with Crippen LogP contribution in [0, 0.1) is 0 Å². The summed E-state index contributed by atoms with van der Waals surface area (Å²) in [7, 11) is 0. The fourth-order valence-corrected chi connectivity index (χ4v) is 6.12. The van der Waals surface area contributed by atoms with Crippen LogP contribution in [0.15, 0.2) is 36.5 Å². The van der Waals surface area contributed by atoms with Gasteiger partial charge in [-0.3, -0.25) is 9.59 Å². The first kappa shape index (κ1) is 48.9. The van der Waals surface area contributed by atoms with E-state index in [-0.39, 0.29) is 26.1 Å². The number of ether oxygens (including phenoxy) is 4. The first-order valence-corrected chi connectivity index (χ1v) is 21.1. The third-order valence-electron chi connectivity index (χ3n) is 9.51. The Bertz CT molecular complexity index is 965. The van der Waals surface area contributed by atoms with Crippen LogP contribution in [-0.2, 0) is 28.5 Å². The van der Waals surface area contributed by atoms with E-state index in [2.05, 4.69) is 44.2 Å². The molecule has 0 aliphatic carbocycles. The van der Waals surface area contributed by atoms with Crippen LogP contribution in [0.2, 0.25) is 0 Å². The van der Waals surface area contributed by atoms with Crippen molar-refractivity contribution in [1.82, 2.24) is 0 Å². The lowest BCUT2D eigenvalue weighted by Crippen LogP contribution is -2.59. The Hall–Kier alpha value is -2.08. The van der Waals surface area contributed by atoms with Crippen LogP contribution in [0.1, 0.15) is 168 Å². The molecule has 1 heterocycles. The number of rotatable bonds is 34. The van der Waals surface area contributed by atoms with Crippen molar-refractivity contribution in [2.24, 2.45) is 0 Å². The Morgan fingerprint density at radius 2 is 1.09 bits per heavy atom. The predicted molar refractivity (Wildman–Crippen MR) is 210 cm³/mol. The summed E-state index contributed by atoms with van der Waals surface area (Å²) in [4.78, 5) is 25.2. The maximum absolute atomic E-state index is 12.7. The molecular weight excluding hydrogens is 676 g/mol. The summed E-state index contributed by atoms with van der Waals surface area (Å²) < 4.78 is 22.0. The van der Waals surface area contributed by atoms with Crippen molar-refractivity contribution >= 4 is 11.9 Å². The van der Waals surface area contributed by atoms with Crippen molar-refractivity contribution in [3.63, 3.8) is 0 Å². The van der Waals surface area contributed by atoms with Crippen LogP contribution in [0.4, 0.5) is 0 Å². The lowest BCUT2D eigenvalue weighted by molar-refractivity contribution is -0.305. The molecule has 1 fully saturated rings. The van der Waals surface area contributed by atoms with Crippen molar-refractivity contribution < 1.29 is 49.0 Å². The molecule has 10 heteroatoms. The van der Waals surface area contributed by atoms with Gasteiger partial charge in [0.2, 0.25) is 0 Å². The smallest absolute Gasteiger partial charge is 0.306 e. The van der Waals surface area contributed by atoms with Gasteiger partial charge in [-0.1, -0.05) is 134 Å². The van der Waals surface area contributed by atoms with E-state index in [0.29, 0.717) is 12.8 Å². The minimum Gasteiger partial charge on any atom is -0.462 e. The summed E-state index contributed by atoms with van der Waals surface area (Å²) in [5.74, 6) is -0.881. The highest BCUT2D eigenvalue weighted by Gasteiger charge is 2.44. The molecule has 0 saturated carbocycles. The van der Waals surface area contributed by atoms with Crippen LogP contribution in [0.25, 0.3) is 0 Å². The molecular formula is C43H76O10. The van der Waals surface area contributed by atoms with E-state index in [1.54, 1.807) is 0 Å². The fourth-order valence-electron chi connectivity index (χ4n) is 6.12. The summed E-state index contributed by atoms with van der Waals surface area (Å²) in [6, 6.07) is 0. The second-order valence-electron chi connectivity index (χ2n) is 14.4. The molecule has 1 aliphatic rings. The maximum atomic E-state index is 12.7. The zero-order chi connectivity index (χ0) is 38.8. The summed E-state index contributed by atoms with van der Waals surface area (Å²) >= 11 is 0. The molecule has 0 aromatic rings. The third-order valence-corrected chi connectivity index (χ3v) is 9.51. The molecule has 6 unspecified atom stereocenters. The molecule has 0 spiro atoms. The van der Waals surface area contributed by atoms with E-state index in [1.807, 2.05) is 6.08 Å². The molecule has 1 aliphatic heterocycles. The number of aliphatic hydroxyl groups excluding tert-OH is 4. The molecule has 4 N–H and O–H groups in total. The zero-order valence-electron chi connectivity index (χ0n) is 33.3. The molecule has 0 aromatic carbocycles. The first-order chi connectivity index (χ1) is 25.8. The van der Waals surface area contributed by atoms with Crippen LogP contribution in [0.3, 0.4) is 0 Å². The number of carbonyl (C=O) groups is 2. The van der Waals surface area contributed by atoms with Gasteiger partial charge in [0, 0.05) is 12.8 Å². The molecule has 53 heavy (non-hydrogen) atoms. The molecule has 6 atom stereocenters. The van der Waals surface area contributed by atoms with E-state index in [4.69, 9.17) is 18.9 Å². The highest BCUT2D eigenvalue weighted by atomic mass is 16.7. The van der Waals surface area contributed by atoms with Gasteiger partial charge in [-0.2, -0.15) is 0 Å². The van der Waals surface area contributed by atoms with Crippen LogP contribution in [-0.4, -0.2) is 89.0 Å². The van der Waals surface area contributed by atoms with Crippen molar-refractivity contribution in [3.8, 4) is 0 Å². The third kappa shape index (κ3) is 26.4. The van der Waals surface area contributed by atoms with E-state index in [0.717, 1.165) is 51.4 Å². The van der Waals surface area contributed by atoms with Gasteiger partial charge in [-0.25, -0.2) is 0 Å². The number of hydrogen-bond donors (Lipinski definition) is 4. The van der Waals surface area contributed by atoms with E-state index < -0.39 is 55.4 Å². The summed E-state index contributed by atoms with van der Waals surface area (Å²) in [5.41, 5.74) is 0. The van der Waals surface area contributed by atoms with Gasteiger partial charge in [0.05, 0.1) is 13.2 Å². The van der Waals surface area contributed by atoms with Gasteiger partial charge in [0.15, 0.2) is 12.4 Å². The van der Waals surface area contributed by atoms with Gasteiger partial charge in [-0.15, -0.1) is 0 Å². The van der Waals surface area contributed by atoms with Gasteiger partial charge >= 0.3 is 11.9 Å². The van der Waals surface area contributed by atoms with Gasteiger partial charge in [-0.05, 0) is 57.8 Å². The van der Waals surface area contributed by atoms with Gasteiger partial charge in [0.25, 0.3) is 0 Å². The average Bonchev–Trinajstić information content (AvgIpc) is 3.15. The van der Waals surface area contributed by atoms with Gasteiger partial charge < -0.3 is 39.4 Å². The van der Waals surface area contributed by atoms with Crippen LogP contribution in [0.5, 0.6) is 0 Å². The number of aliphatic hydroxyl groups is 4. The molecule has 1 rings (SSSR count). The number of carbonyl (C=O) groups excluding carboxylic acids is 2. The topological polar surface area (TPSA) is 152 Å². The average molecular weight is 753 g/mol. The van der Waals surface area contributed by atoms with Crippen molar-refractivity contribution in [1.29, 1.82) is 0 Å². The summed E-state index contributed by atoms with van der Waals surface area (Å²) in [5, 5.41) is 40.0. The second kappa shape index (κ2) is 34.4. The molecule has 0 bridgehead atoms.